The Bertz CT molecular complexity index is 1110. The van der Waals surface area contributed by atoms with Crippen LogP contribution in [0.1, 0.15) is 38.7 Å². The third-order valence-corrected chi connectivity index (χ3v) is 4.72. The van der Waals surface area contributed by atoms with Gasteiger partial charge >= 0.3 is 0 Å². The number of hydrogen-bond acceptors (Lipinski definition) is 4. The van der Waals surface area contributed by atoms with Gasteiger partial charge in [0.15, 0.2) is 11.6 Å². The van der Waals surface area contributed by atoms with Crippen molar-refractivity contribution in [1.29, 1.82) is 0 Å². The van der Waals surface area contributed by atoms with E-state index in [2.05, 4.69) is 15.6 Å². The molecule has 0 fully saturated rings. The van der Waals surface area contributed by atoms with Gasteiger partial charge in [0.2, 0.25) is 0 Å². The van der Waals surface area contributed by atoms with Crippen molar-refractivity contribution in [2.24, 2.45) is 0 Å². The Morgan fingerprint density at radius 2 is 1.90 bits per heavy atom. The molecule has 0 saturated carbocycles. The van der Waals surface area contributed by atoms with Gasteiger partial charge in [0.25, 0.3) is 11.8 Å². The highest BCUT2D eigenvalue weighted by Gasteiger charge is 2.27. The molecule has 3 aromatic rings. The number of hydrogen-bond donors (Lipinski definition) is 2. The molecule has 1 unspecified atom stereocenters. The second-order valence-corrected chi connectivity index (χ2v) is 6.71. The zero-order valence-electron chi connectivity index (χ0n) is 15.7. The molecule has 1 aliphatic heterocycles. The van der Waals surface area contributed by atoms with Crippen LogP contribution in [0.5, 0.6) is 5.75 Å². The minimum atomic E-state index is -1.06. The molecule has 4 rings (SSSR count). The van der Waals surface area contributed by atoms with E-state index in [1.165, 1.54) is 12.3 Å². The summed E-state index contributed by atoms with van der Waals surface area (Å²) in [5.41, 5.74) is 1.44. The fourth-order valence-corrected chi connectivity index (χ4v) is 3.26. The molecule has 2 aromatic carbocycles. The Morgan fingerprint density at radius 3 is 2.67 bits per heavy atom. The first kappa shape index (κ1) is 19.5. The van der Waals surface area contributed by atoms with Crippen molar-refractivity contribution in [3.63, 3.8) is 0 Å². The van der Waals surface area contributed by atoms with Gasteiger partial charge in [0.05, 0.1) is 23.8 Å². The van der Waals surface area contributed by atoms with Gasteiger partial charge < -0.3 is 15.4 Å². The second kappa shape index (κ2) is 8.28. The molecule has 6 nitrogen and oxygen atoms in total. The summed E-state index contributed by atoms with van der Waals surface area (Å²) < 4.78 is 32.2. The van der Waals surface area contributed by atoms with Gasteiger partial charge in [-0.1, -0.05) is 12.1 Å². The zero-order valence-corrected chi connectivity index (χ0v) is 15.7. The van der Waals surface area contributed by atoms with Crippen LogP contribution in [0, 0.1) is 11.6 Å². The zero-order chi connectivity index (χ0) is 21.1. The quantitative estimate of drug-likeness (QED) is 0.686. The number of ether oxygens (including phenoxy) is 1. The van der Waals surface area contributed by atoms with Crippen molar-refractivity contribution in [2.45, 2.75) is 12.5 Å². The number of fused-ring (bicyclic) bond motifs is 1. The number of anilines is 1. The van der Waals surface area contributed by atoms with Crippen LogP contribution in [-0.4, -0.2) is 23.4 Å². The number of nitrogens with one attached hydrogen (secondary N) is 2. The molecular formula is C22H17F2N3O3. The number of amides is 2. The SMILES string of the molecule is O=C(NC1CCOc2c(C(=O)Nc3ccc(F)c(F)c3)cccc21)c1cccnc1. The normalized spacial score (nSPS) is 14.9. The third kappa shape index (κ3) is 3.98. The number of carbonyl (C=O) groups is 2. The van der Waals surface area contributed by atoms with Crippen molar-refractivity contribution < 1.29 is 23.1 Å². The van der Waals surface area contributed by atoms with Crippen LogP contribution in [0.25, 0.3) is 0 Å². The van der Waals surface area contributed by atoms with Crippen LogP contribution in [-0.2, 0) is 0 Å². The lowest BCUT2D eigenvalue weighted by atomic mass is 9.96. The van der Waals surface area contributed by atoms with E-state index >= 15 is 0 Å². The molecule has 0 aliphatic carbocycles. The summed E-state index contributed by atoms with van der Waals surface area (Å²) in [7, 11) is 0. The maximum Gasteiger partial charge on any atom is 0.259 e. The number of nitrogens with zero attached hydrogens (tertiary/aromatic N) is 1. The Labute approximate surface area is 170 Å². The van der Waals surface area contributed by atoms with Gasteiger partial charge in [-0.15, -0.1) is 0 Å². The number of benzene rings is 2. The number of pyridine rings is 1. The first-order chi connectivity index (χ1) is 14.5. The fourth-order valence-electron chi connectivity index (χ4n) is 3.26. The minimum Gasteiger partial charge on any atom is -0.492 e. The second-order valence-electron chi connectivity index (χ2n) is 6.71. The number of aromatic nitrogens is 1. The highest BCUT2D eigenvalue weighted by Crippen LogP contribution is 2.35. The Balaban J connectivity index is 1.57. The molecule has 152 valence electrons. The molecule has 2 N–H and O–H groups in total. The lowest BCUT2D eigenvalue weighted by Gasteiger charge is -2.28. The monoisotopic (exact) mass is 409 g/mol. The van der Waals surface area contributed by atoms with E-state index in [4.69, 9.17) is 4.74 Å². The van der Waals surface area contributed by atoms with Crippen LogP contribution < -0.4 is 15.4 Å². The molecule has 2 amide bonds. The van der Waals surface area contributed by atoms with E-state index in [1.807, 2.05) is 0 Å². The van der Waals surface area contributed by atoms with Gasteiger partial charge in [0, 0.05) is 36.1 Å². The van der Waals surface area contributed by atoms with Crippen LogP contribution >= 0.6 is 0 Å². The molecule has 0 bridgehead atoms. The molecule has 0 spiro atoms. The lowest BCUT2D eigenvalue weighted by Crippen LogP contribution is -2.33. The first-order valence-electron chi connectivity index (χ1n) is 9.26. The van der Waals surface area contributed by atoms with Crippen LogP contribution in [0.4, 0.5) is 14.5 Å². The molecule has 1 atom stereocenters. The fraction of sp³-hybridized carbons (Fsp3) is 0.136. The first-order valence-corrected chi connectivity index (χ1v) is 9.26. The summed E-state index contributed by atoms with van der Waals surface area (Å²) in [5, 5.41) is 5.48. The number of carbonyl (C=O) groups excluding carboxylic acids is 2. The molecule has 1 aliphatic rings. The minimum absolute atomic E-state index is 0.119. The van der Waals surface area contributed by atoms with Gasteiger partial charge in [-0.2, -0.15) is 0 Å². The molecule has 30 heavy (non-hydrogen) atoms. The summed E-state index contributed by atoms with van der Waals surface area (Å²) in [4.78, 5) is 29.2. The van der Waals surface area contributed by atoms with Crippen LogP contribution in [0.2, 0.25) is 0 Å². The summed E-state index contributed by atoms with van der Waals surface area (Å²) in [6.07, 6.45) is 3.59. The highest BCUT2D eigenvalue weighted by molar-refractivity contribution is 6.06. The van der Waals surface area contributed by atoms with Gasteiger partial charge in [-0.25, -0.2) is 8.78 Å². The molecule has 8 heteroatoms. The Kier molecular flexibility index (Phi) is 5.38. The molecular weight excluding hydrogens is 392 g/mol. The third-order valence-electron chi connectivity index (χ3n) is 4.72. The molecule has 0 saturated heterocycles. The smallest absolute Gasteiger partial charge is 0.259 e. The van der Waals surface area contributed by atoms with E-state index in [9.17, 15) is 18.4 Å². The van der Waals surface area contributed by atoms with Crippen molar-refractivity contribution in [2.75, 3.05) is 11.9 Å². The number of halogens is 2. The largest absolute Gasteiger partial charge is 0.492 e. The summed E-state index contributed by atoms with van der Waals surface area (Å²) >= 11 is 0. The predicted octanol–water partition coefficient (Wildman–Crippen LogP) is 3.87. The van der Waals surface area contributed by atoms with Gasteiger partial charge in [0.1, 0.15) is 5.75 Å². The topological polar surface area (TPSA) is 80.3 Å². The van der Waals surface area contributed by atoms with Gasteiger partial charge in [-0.3, -0.25) is 14.6 Å². The highest BCUT2D eigenvalue weighted by atomic mass is 19.2. The molecule has 0 radical (unpaired) electrons. The number of para-hydroxylation sites is 1. The van der Waals surface area contributed by atoms with Crippen molar-refractivity contribution >= 4 is 17.5 Å². The van der Waals surface area contributed by atoms with Crippen molar-refractivity contribution in [1.82, 2.24) is 10.3 Å². The molecule has 1 aromatic heterocycles. The summed E-state index contributed by atoms with van der Waals surface area (Å²) in [6, 6.07) is 11.1. The van der Waals surface area contributed by atoms with Crippen LogP contribution in [0.15, 0.2) is 60.9 Å². The average Bonchev–Trinajstić information content (AvgIpc) is 2.76. The Morgan fingerprint density at radius 1 is 1.03 bits per heavy atom. The van der Waals surface area contributed by atoms with Crippen molar-refractivity contribution in [3.8, 4) is 5.75 Å². The van der Waals surface area contributed by atoms with E-state index in [0.29, 0.717) is 29.9 Å². The van der Waals surface area contributed by atoms with E-state index in [0.717, 1.165) is 12.1 Å². The number of rotatable bonds is 4. The summed E-state index contributed by atoms with van der Waals surface area (Å²) in [5.74, 6) is -2.52. The van der Waals surface area contributed by atoms with E-state index in [1.54, 1.807) is 36.5 Å². The van der Waals surface area contributed by atoms with E-state index in [-0.39, 0.29) is 23.2 Å². The lowest BCUT2D eigenvalue weighted by molar-refractivity contribution is 0.0924. The Hall–Kier alpha value is -3.81. The van der Waals surface area contributed by atoms with E-state index < -0.39 is 17.5 Å². The summed E-state index contributed by atoms with van der Waals surface area (Å²) in [6.45, 7) is 0.306. The maximum atomic E-state index is 13.4. The predicted molar refractivity (Wildman–Crippen MR) is 105 cm³/mol. The van der Waals surface area contributed by atoms with Crippen LogP contribution in [0.3, 0.4) is 0 Å². The van der Waals surface area contributed by atoms with Crippen molar-refractivity contribution in [3.05, 3.63) is 89.2 Å². The standard InChI is InChI=1S/C22H17F2N3O3/c23-17-7-6-14(11-18(17)24)26-22(29)16-5-1-4-15-19(8-10-30-20(15)16)27-21(28)13-3-2-9-25-12-13/h1-7,9,11-12,19H,8,10H2,(H,26,29)(H,27,28). The molecule has 2 heterocycles. The average molecular weight is 409 g/mol. The maximum absolute atomic E-state index is 13.4. The van der Waals surface area contributed by atoms with Gasteiger partial charge in [-0.05, 0) is 30.3 Å².